The van der Waals surface area contributed by atoms with Crippen LogP contribution in [-0.4, -0.2) is 57.8 Å². The molecule has 1 amide bonds. The van der Waals surface area contributed by atoms with Crippen molar-refractivity contribution in [2.45, 2.75) is 32.4 Å². The number of carboxylic acids is 1. The van der Waals surface area contributed by atoms with Gasteiger partial charge in [0.2, 0.25) is 5.91 Å². The summed E-state index contributed by atoms with van der Waals surface area (Å²) in [4.78, 5) is 27.4. The maximum absolute atomic E-state index is 11.8. The van der Waals surface area contributed by atoms with Gasteiger partial charge in [-0.2, -0.15) is 0 Å². The maximum atomic E-state index is 11.8. The highest BCUT2D eigenvalue weighted by molar-refractivity contribution is 7.99. The quantitative estimate of drug-likeness (QED) is 0.555. The lowest BCUT2D eigenvalue weighted by Crippen LogP contribution is -2.43. The Labute approximate surface area is 115 Å². The topological polar surface area (TPSA) is 102 Å². The largest absolute Gasteiger partial charge is 0.595 e. The second-order valence-electron chi connectivity index (χ2n) is 5.01. The van der Waals surface area contributed by atoms with E-state index in [1.165, 1.54) is 16.7 Å². The molecule has 0 aliphatic carbocycles. The first-order chi connectivity index (χ1) is 8.70. The summed E-state index contributed by atoms with van der Waals surface area (Å²) >= 11 is 1.36. The zero-order valence-electron chi connectivity index (χ0n) is 11.1. The number of thioether (sulfide) groups is 1. The molecule has 1 N–H and O–H groups in total. The van der Waals surface area contributed by atoms with Gasteiger partial charge in [0.25, 0.3) is 0 Å². The third kappa shape index (κ3) is 4.98. The molecule has 1 saturated heterocycles. The summed E-state index contributed by atoms with van der Waals surface area (Å²) in [5, 5.41) is 20.2. The van der Waals surface area contributed by atoms with Gasteiger partial charge in [-0.25, -0.2) is 4.79 Å². The van der Waals surface area contributed by atoms with Crippen LogP contribution in [0.5, 0.6) is 0 Å². The van der Waals surface area contributed by atoms with E-state index in [2.05, 4.69) is 4.99 Å². The van der Waals surface area contributed by atoms with Crippen molar-refractivity contribution < 1.29 is 24.5 Å². The summed E-state index contributed by atoms with van der Waals surface area (Å²) in [5.41, 5.74) is -0.670. The van der Waals surface area contributed by atoms with E-state index in [9.17, 15) is 14.7 Å². The number of hydrogen-bond acceptors (Lipinski definition) is 6. The second kappa shape index (κ2) is 6.14. The number of amides is 1. The lowest BCUT2D eigenvalue weighted by atomic mass is 10.2. The van der Waals surface area contributed by atoms with E-state index < -0.39 is 29.6 Å². The number of ether oxygens (including phenoxy) is 1. The fourth-order valence-electron chi connectivity index (χ4n) is 1.41. The Kier molecular flexibility index (Phi) is 5.04. The third-order valence-corrected chi connectivity index (χ3v) is 3.24. The highest BCUT2D eigenvalue weighted by atomic mass is 32.2. The SMILES string of the molecule is CC(C)(C)OC([O-])=NCC(=O)N1CSC[C@@H]1C(=O)O. The molecule has 0 aromatic rings. The van der Waals surface area contributed by atoms with E-state index in [1.54, 1.807) is 20.8 Å². The zero-order valence-corrected chi connectivity index (χ0v) is 11.9. The van der Waals surface area contributed by atoms with Crippen molar-refractivity contribution >= 4 is 29.7 Å². The smallest absolute Gasteiger partial charge is 0.327 e. The van der Waals surface area contributed by atoms with Crippen molar-refractivity contribution in [3.8, 4) is 0 Å². The van der Waals surface area contributed by atoms with Gasteiger partial charge in [0, 0.05) is 11.4 Å². The summed E-state index contributed by atoms with van der Waals surface area (Å²) in [7, 11) is 0. The molecule has 1 fully saturated rings. The standard InChI is InChI=1S/C11H18N2O5S/c1-11(2,3)18-10(17)12-4-8(14)13-6-19-5-7(13)9(15)16/h7H,4-6H2,1-3H3,(H,12,17)(H,15,16)/p-1/t7-/m1/s1. The van der Waals surface area contributed by atoms with Crippen LogP contribution in [0.1, 0.15) is 20.8 Å². The number of rotatable bonds is 3. The fraction of sp³-hybridized carbons (Fsp3) is 0.727. The van der Waals surface area contributed by atoms with Crippen LogP contribution in [-0.2, 0) is 14.3 Å². The molecular weight excluding hydrogens is 272 g/mol. The number of carbonyl (C=O) groups is 2. The third-order valence-electron chi connectivity index (χ3n) is 2.22. The van der Waals surface area contributed by atoms with Gasteiger partial charge in [-0.15, -0.1) is 11.8 Å². The van der Waals surface area contributed by atoms with Gasteiger partial charge in [0.15, 0.2) is 0 Å². The molecule has 0 aromatic carbocycles. The van der Waals surface area contributed by atoms with Crippen molar-refractivity contribution in [1.82, 2.24) is 4.90 Å². The van der Waals surface area contributed by atoms with Gasteiger partial charge in [-0.1, -0.05) is 20.8 Å². The number of aliphatic imine (C=N–C) groups is 1. The first kappa shape index (κ1) is 15.6. The predicted octanol–water partition coefficient (Wildman–Crippen LogP) is -0.496. The van der Waals surface area contributed by atoms with Gasteiger partial charge in [0.1, 0.15) is 18.7 Å². The summed E-state index contributed by atoms with van der Waals surface area (Å²) in [6, 6.07) is -0.841. The predicted molar refractivity (Wildman–Crippen MR) is 68.7 cm³/mol. The summed E-state index contributed by atoms with van der Waals surface area (Å²) in [5.74, 6) is -0.869. The molecule has 1 heterocycles. The molecule has 19 heavy (non-hydrogen) atoms. The molecule has 1 atom stereocenters. The number of nitrogens with zero attached hydrogens (tertiary/aromatic N) is 2. The molecule has 0 spiro atoms. The molecule has 108 valence electrons. The van der Waals surface area contributed by atoms with Gasteiger partial charge >= 0.3 is 5.97 Å². The Morgan fingerprint density at radius 1 is 1.53 bits per heavy atom. The van der Waals surface area contributed by atoms with E-state index in [0.29, 0.717) is 11.6 Å². The molecule has 0 aromatic heterocycles. The monoisotopic (exact) mass is 289 g/mol. The highest BCUT2D eigenvalue weighted by Crippen LogP contribution is 2.21. The van der Waals surface area contributed by atoms with Crippen molar-refractivity contribution in [1.29, 1.82) is 0 Å². The van der Waals surface area contributed by atoms with E-state index in [4.69, 9.17) is 9.84 Å². The molecular formula is C11H17N2O5S-. The van der Waals surface area contributed by atoms with Crippen LogP contribution < -0.4 is 5.11 Å². The Balaban J connectivity index is 2.55. The van der Waals surface area contributed by atoms with Crippen LogP contribution in [0.2, 0.25) is 0 Å². The minimum Gasteiger partial charge on any atom is -0.595 e. The first-order valence-corrected chi connectivity index (χ1v) is 6.86. The molecule has 1 aliphatic rings. The van der Waals surface area contributed by atoms with Gasteiger partial charge in [-0.3, -0.25) is 9.79 Å². The Morgan fingerprint density at radius 3 is 2.68 bits per heavy atom. The molecule has 0 saturated carbocycles. The zero-order chi connectivity index (χ0) is 14.6. The lowest BCUT2D eigenvalue weighted by molar-refractivity contribution is -0.260. The van der Waals surface area contributed by atoms with Crippen LogP contribution in [0.3, 0.4) is 0 Å². The Hall–Kier alpha value is -1.44. The second-order valence-corrected chi connectivity index (χ2v) is 6.01. The van der Waals surface area contributed by atoms with E-state index in [1.807, 2.05) is 0 Å². The highest BCUT2D eigenvalue weighted by Gasteiger charge is 2.34. The summed E-state index contributed by atoms with van der Waals surface area (Å²) in [6.45, 7) is 4.69. The van der Waals surface area contributed by atoms with Crippen LogP contribution >= 0.6 is 11.8 Å². The number of carbonyl (C=O) groups excluding carboxylic acids is 1. The van der Waals surface area contributed by atoms with Crippen LogP contribution in [0.15, 0.2) is 4.99 Å². The normalized spacial score (nSPS) is 20.5. The molecule has 7 nitrogen and oxygen atoms in total. The number of hydrogen-bond donors (Lipinski definition) is 1. The number of carboxylic acid groups (broad SMARTS) is 1. The molecule has 1 aliphatic heterocycles. The molecule has 1 rings (SSSR count). The minimum absolute atomic E-state index is 0.305. The van der Waals surface area contributed by atoms with Crippen LogP contribution in [0.4, 0.5) is 0 Å². The van der Waals surface area contributed by atoms with Crippen LogP contribution in [0, 0.1) is 0 Å². The van der Waals surface area contributed by atoms with Crippen LogP contribution in [0.25, 0.3) is 0 Å². The van der Waals surface area contributed by atoms with Crippen molar-refractivity contribution in [2.75, 3.05) is 18.2 Å². The molecule has 0 bridgehead atoms. The first-order valence-electron chi connectivity index (χ1n) is 5.71. The average Bonchev–Trinajstić information content (AvgIpc) is 2.72. The molecule has 0 unspecified atom stereocenters. The van der Waals surface area contributed by atoms with Crippen molar-refractivity contribution in [3.63, 3.8) is 0 Å². The lowest BCUT2D eigenvalue weighted by Gasteiger charge is -2.29. The van der Waals surface area contributed by atoms with Gasteiger partial charge in [0.05, 0.1) is 5.88 Å². The van der Waals surface area contributed by atoms with Crippen molar-refractivity contribution in [3.05, 3.63) is 0 Å². The van der Waals surface area contributed by atoms with E-state index >= 15 is 0 Å². The number of aliphatic carboxylic acids is 1. The fourth-order valence-corrected chi connectivity index (χ4v) is 2.58. The molecule has 8 heteroatoms. The molecule has 0 radical (unpaired) electrons. The Morgan fingerprint density at radius 2 is 2.16 bits per heavy atom. The van der Waals surface area contributed by atoms with E-state index in [0.717, 1.165) is 0 Å². The van der Waals surface area contributed by atoms with Gasteiger partial charge in [-0.05, 0) is 0 Å². The summed E-state index contributed by atoms with van der Waals surface area (Å²) < 4.78 is 4.93. The van der Waals surface area contributed by atoms with Gasteiger partial charge < -0.3 is 19.8 Å². The maximum Gasteiger partial charge on any atom is 0.327 e. The van der Waals surface area contributed by atoms with Crippen molar-refractivity contribution in [2.24, 2.45) is 4.99 Å². The average molecular weight is 289 g/mol. The minimum atomic E-state index is -1.05. The van der Waals surface area contributed by atoms with E-state index in [-0.39, 0.29) is 6.54 Å². The summed E-state index contributed by atoms with van der Waals surface area (Å²) in [6.07, 6.45) is -0.820. The Bertz CT molecular complexity index is 391.